The summed E-state index contributed by atoms with van der Waals surface area (Å²) >= 11 is 4.72. The van der Waals surface area contributed by atoms with Crippen molar-refractivity contribution in [3.63, 3.8) is 0 Å². The van der Waals surface area contributed by atoms with Crippen LogP contribution in [0.4, 0.5) is 0 Å². The summed E-state index contributed by atoms with van der Waals surface area (Å²) in [5, 5.41) is 0.997. The Labute approximate surface area is 101 Å². The van der Waals surface area contributed by atoms with Gasteiger partial charge in [-0.1, -0.05) is 12.1 Å². The Bertz CT molecular complexity index is 507. The molecule has 76 valence electrons. The second-order valence-corrected chi connectivity index (χ2v) is 5.17. The number of nitrogens with zero attached hydrogens (tertiary/aromatic N) is 2. The van der Waals surface area contributed by atoms with Crippen molar-refractivity contribution in [1.82, 2.24) is 9.36 Å². The molecule has 0 aliphatic heterocycles. The lowest BCUT2D eigenvalue weighted by Crippen LogP contribution is -1.83. The van der Waals surface area contributed by atoms with Crippen molar-refractivity contribution in [2.45, 2.75) is 19.3 Å². The van der Waals surface area contributed by atoms with E-state index in [4.69, 9.17) is 0 Å². The Morgan fingerprint density at radius 3 is 2.87 bits per heavy atom. The van der Waals surface area contributed by atoms with Gasteiger partial charge in [-0.05, 0) is 63.9 Å². The van der Waals surface area contributed by atoms with Crippen molar-refractivity contribution in [1.29, 1.82) is 0 Å². The molecule has 0 atom stereocenters. The molecule has 1 aromatic heterocycles. The standard InChI is InChI=1S/C11H9BrN2S/c12-11-13-10(15-14-11)9-5-4-7-2-1-3-8(7)6-9/h4-6H,1-3H2. The first kappa shape index (κ1) is 9.48. The monoisotopic (exact) mass is 280 g/mol. The maximum absolute atomic E-state index is 4.33. The molecule has 1 aliphatic rings. The Hall–Kier alpha value is -0.740. The maximum Gasteiger partial charge on any atom is 0.209 e. The number of halogens is 1. The SMILES string of the molecule is Brc1nsc(-c2ccc3c(c2)CCC3)n1. The minimum atomic E-state index is 0.683. The van der Waals surface area contributed by atoms with Gasteiger partial charge in [0.15, 0.2) is 0 Å². The number of hydrogen-bond acceptors (Lipinski definition) is 3. The van der Waals surface area contributed by atoms with Gasteiger partial charge < -0.3 is 0 Å². The van der Waals surface area contributed by atoms with Gasteiger partial charge in [0.25, 0.3) is 0 Å². The third-order valence-corrected chi connectivity index (χ3v) is 4.10. The van der Waals surface area contributed by atoms with E-state index in [1.807, 2.05) is 0 Å². The molecule has 0 fully saturated rings. The van der Waals surface area contributed by atoms with Crippen molar-refractivity contribution in [2.24, 2.45) is 0 Å². The molecule has 0 amide bonds. The number of hydrogen-bond donors (Lipinski definition) is 0. The van der Waals surface area contributed by atoms with Gasteiger partial charge >= 0.3 is 0 Å². The summed E-state index contributed by atoms with van der Waals surface area (Å²) in [6.07, 6.45) is 3.73. The third-order valence-electron chi connectivity index (χ3n) is 2.75. The van der Waals surface area contributed by atoms with Crippen LogP contribution in [0.2, 0.25) is 0 Å². The molecule has 3 rings (SSSR count). The quantitative estimate of drug-likeness (QED) is 0.800. The summed E-state index contributed by atoms with van der Waals surface area (Å²) < 4.78 is 4.82. The Kier molecular flexibility index (Phi) is 2.33. The van der Waals surface area contributed by atoms with Crippen LogP contribution in [0.3, 0.4) is 0 Å². The van der Waals surface area contributed by atoms with Gasteiger partial charge in [0, 0.05) is 5.56 Å². The van der Waals surface area contributed by atoms with E-state index in [0.717, 1.165) is 5.01 Å². The van der Waals surface area contributed by atoms with Crippen LogP contribution in [0.5, 0.6) is 0 Å². The van der Waals surface area contributed by atoms with Crippen molar-refractivity contribution in [2.75, 3.05) is 0 Å². The highest BCUT2D eigenvalue weighted by Crippen LogP contribution is 2.29. The van der Waals surface area contributed by atoms with Crippen molar-refractivity contribution in [3.05, 3.63) is 34.1 Å². The van der Waals surface area contributed by atoms with E-state index in [-0.39, 0.29) is 0 Å². The molecule has 1 aromatic carbocycles. The zero-order valence-electron chi connectivity index (χ0n) is 8.03. The zero-order chi connectivity index (χ0) is 10.3. The molecule has 0 radical (unpaired) electrons. The molecule has 4 heteroatoms. The lowest BCUT2D eigenvalue weighted by molar-refractivity contribution is 0.912. The predicted molar refractivity (Wildman–Crippen MR) is 65.1 cm³/mol. The number of aryl methyl sites for hydroxylation is 2. The highest BCUT2D eigenvalue weighted by atomic mass is 79.9. The van der Waals surface area contributed by atoms with Crippen molar-refractivity contribution >= 4 is 27.5 Å². The second-order valence-electron chi connectivity index (χ2n) is 3.71. The van der Waals surface area contributed by atoms with Gasteiger partial charge in [-0.15, -0.1) is 0 Å². The van der Waals surface area contributed by atoms with E-state index in [2.05, 4.69) is 43.5 Å². The van der Waals surface area contributed by atoms with E-state index in [0.29, 0.717) is 4.73 Å². The smallest absolute Gasteiger partial charge is 0.209 e. The molecule has 0 spiro atoms. The topological polar surface area (TPSA) is 25.8 Å². The van der Waals surface area contributed by atoms with E-state index < -0.39 is 0 Å². The van der Waals surface area contributed by atoms with Crippen molar-refractivity contribution in [3.8, 4) is 10.6 Å². The number of rotatable bonds is 1. The van der Waals surface area contributed by atoms with Crippen LogP contribution in [0.25, 0.3) is 10.6 Å². The number of fused-ring (bicyclic) bond motifs is 1. The van der Waals surface area contributed by atoms with Crippen LogP contribution in [-0.2, 0) is 12.8 Å². The van der Waals surface area contributed by atoms with E-state index in [1.165, 1.54) is 47.5 Å². The molecule has 0 saturated carbocycles. The normalized spacial score (nSPS) is 14.2. The fraction of sp³-hybridized carbons (Fsp3) is 0.273. The highest BCUT2D eigenvalue weighted by molar-refractivity contribution is 9.10. The Morgan fingerprint density at radius 1 is 1.20 bits per heavy atom. The van der Waals surface area contributed by atoms with Crippen LogP contribution >= 0.6 is 27.5 Å². The first-order valence-electron chi connectivity index (χ1n) is 4.94. The van der Waals surface area contributed by atoms with E-state index in [1.54, 1.807) is 0 Å². The fourth-order valence-electron chi connectivity index (χ4n) is 2.03. The molecule has 1 aliphatic carbocycles. The summed E-state index contributed by atoms with van der Waals surface area (Å²) in [5.41, 5.74) is 4.18. The van der Waals surface area contributed by atoms with Crippen LogP contribution < -0.4 is 0 Å². The molecule has 1 heterocycles. The van der Waals surface area contributed by atoms with E-state index in [9.17, 15) is 0 Å². The summed E-state index contributed by atoms with van der Waals surface area (Å²) in [4.78, 5) is 4.33. The molecule has 2 nitrogen and oxygen atoms in total. The average Bonchev–Trinajstić information content (AvgIpc) is 2.84. The average molecular weight is 281 g/mol. The van der Waals surface area contributed by atoms with Gasteiger partial charge in [-0.25, -0.2) is 4.98 Å². The summed E-state index contributed by atoms with van der Waals surface area (Å²) in [6.45, 7) is 0. The third kappa shape index (κ3) is 1.72. The predicted octanol–water partition coefficient (Wildman–Crippen LogP) is 3.46. The molecule has 0 saturated heterocycles. The molecule has 0 unspecified atom stereocenters. The molecular formula is C11H9BrN2S. The second kappa shape index (κ2) is 3.68. The van der Waals surface area contributed by atoms with Crippen LogP contribution in [0.15, 0.2) is 22.9 Å². The minimum Gasteiger partial charge on any atom is -0.209 e. The lowest BCUT2D eigenvalue weighted by atomic mass is 10.1. The van der Waals surface area contributed by atoms with Crippen molar-refractivity contribution < 1.29 is 0 Å². The lowest BCUT2D eigenvalue weighted by Gasteiger charge is -2.00. The van der Waals surface area contributed by atoms with E-state index >= 15 is 0 Å². The maximum atomic E-state index is 4.33. The van der Waals surface area contributed by atoms with Crippen LogP contribution in [0, 0.1) is 0 Å². The molecule has 15 heavy (non-hydrogen) atoms. The van der Waals surface area contributed by atoms with Gasteiger partial charge in [0.2, 0.25) is 4.73 Å². The first-order valence-corrected chi connectivity index (χ1v) is 6.51. The van der Waals surface area contributed by atoms with Gasteiger partial charge in [0.1, 0.15) is 5.01 Å². The summed E-state index contributed by atoms with van der Waals surface area (Å²) in [6, 6.07) is 6.64. The van der Waals surface area contributed by atoms with Gasteiger partial charge in [0.05, 0.1) is 0 Å². The highest BCUT2D eigenvalue weighted by Gasteiger charge is 2.12. The van der Waals surface area contributed by atoms with Crippen LogP contribution in [-0.4, -0.2) is 9.36 Å². The fourth-order valence-corrected chi connectivity index (χ4v) is 3.10. The number of aromatic nitrogens is 2. The first-order chi connectivity index (χ1) is 7.33. The minimum absolute atomic E-state index is 0.683. The Balaban J connectivity index is 2.06. The molecule has 2 aromatic rings. The Morgan fingerprint density at radius 2 is 2.07 bits per heavy atom. The summed E-state index contributed by atoms with van der Waals surface area (Å²) in [5.74, 6) is 0. The van der Waals surface area contributed by atoms with Crippen LogP contribution in [0.1, 0.15) is 17.5 Å². The molecular weight excluding hydrogens is 272 g/mol. The molecule has 0 N–H and O–H groups in total. The molecule has 0 bridgehead atoms. The van der Waals surface area contributed by atoms with Gasteiger partial charge in [-0.3, -0.25) is 0 Å². The largest absolute Gasteiger partial charge is 0.209 e. The zero-order valence-corrected chi connectivity index (χ0v) is 10.4. The summed E-state index contributed by atoms with van der Waals surface area (Å²) in [7, 11) is 0. The number of benzene rings is 1. The van der Waals surface area contributed by atoms with Gasteiger partial charge in [-0.2, -0.15) is 4.37 Å².